The number of furan rings is 1. The lowest BCUT2D eigenvalue weighted by molar-refractivity contribution is 0.0694. The summed E-state index contributed by atoms with van der Waals surface area (Å²) in [5.41, 5.74) is 4.79. The molecule has 10 heteroatoms. The fraction of sp³-hybridized carbons (Fsp3) is 0.192. The van der Waals surface area contributed by atoms with Gasteiger partial charge in [-0.05, 0) is 40.2 Å². The number of nitriles is 1. The largest absolute Gasteiger partial charge is 0.478 e. The summed E-state index contributed by atoms with van der Waals surface area (Å²) in [5.74, 6) is -0.921. The van der Waals surface area contributed by atoms with E-state index in [0.717, 1.165) is 24.3 Å². The summed E-state index contributed by atoms with van der Waals surface area (Å²) < 4.78 is 17.3. The normalized spacial score (nSPS) is 13.4. The maximum atomic E-state index is 11.6. The number of benzene rings is 1. The zero-order valence-electron chi connectivity index (χ0n) is 18.9. The van der Waals surface area contributed by atoms with E-state index in [1.165, 1.54) is 17.6 Å². The number of pyridine rings is 1. The molecule has 5 rings (SSSR count). The predicted molar refractivity (Wildman–Crippen MR) is 138 cm³/mol. The molecule has 0 aliphatic carbocycles. The van der Waals surface area contributed by atoms with Crippen LogP contribution in [0.5, 0.6) is 5.88 Å². The summed E-state index contributed by atoms with van der Waals surface area (Å²) in [6.07, 6.45) is 3.10. The number of halogens is 1. The Morgan fingerprint density at radius 3 is 2.67 bits per heavy atom. The number of nitrogens with zero attached hydrogens (tertiary/aromatic N) is 3. The van der Waals surface area contributed by atoms with Gasteiger partial charge in [-0.1, -0.05) is 12.1 Å². The van der Waals surface area contributed by atoms with Crippen LogP contribution < -0.4 is 9.64 Å². The Kier molecular flexibility index (Phi) is 7.04. The molecule has 1 aromatic carbocycles. The standard InChI is InChI=1S/C26H20BrN3O5S/c27-24-21(22(15-36-24)26(31)32)14-35-25-20(12-28)19(17-5-8-34-13-17)11-23(29-25)16-1-3-18(4-2-16)30-6-9-33-10-7-30/h1-5,8,11,13,15H,6-7,9-10,14H2,(H,31,32). The predicted octanol–water partition coefficient (Wildman–Crippen LogP) is 5.82. The Hall–Kier alpha value is -3.65. The summed E-state index contributed by atoms with van der Waals surface area (Å²) >= 11 is 4.66. The molecule has 1 fully saturated rings. The van der Waals surface area contributed by atoms with Gasteiger partial charge in [-0.15, -0.1) is 11.3 Å². The molecule has 0 atom stereocenters. The minimum absolute atomic E-state index is 0.0579. The first-order valence-electron chi connectivity index (χ1n) is 11.1. The third-order valence-corrected chi connectivity index (χ3v) is 7.74. The first-order valence-corrected chi connectivity index (χ1v) is 12.7. The topological polar surface area (TPSA) is 109 Å². The number of anilines is 1. The van der Waals surface area contributed by atoms with E-state index in [2.05, 4.69) is 31.9 Å². The van der Waals surface area contributed by atoms with Crippen LogP contribution in [0.15, 0.2) is 62.5 Å². The number of morpholine rings is 1. The molecule has 0 spiro atoms. The van der Waals surface area contributed by atoms with E-state index in [1.807, 2.05) is 30.3 Å². The van der Waals surface area contributed by atoms with E-state index >= 15 is 0 Å². The smallest absolute Gasteiger partial charge is 0.336 e. The highest BCUT2D eigenvalue weighted by Gasteiger charge is 2.21. The van der Waals surface area contributed by atoms with Crippen LogP contribution in [-0.2, 0) is 11.3 Å². The molecule has 1 N–H and O–H groups in total. The Morgan fingerprint density at radius 2 is 2.00 bits per heavy atom. The average molecular weight is 566 g/mol. The van der Waals surface area contributed by atoms with Crippen molar-refractivity contribution in [2.75, 3.05) is 31.2 Å². The molecule has 4 heterocycles. The van der Waals surface area contributed by atoms with Gasteiger partial charge in [0.1, 0.15) is 18.2 Å². The molecule has 0 radical (unpaired) electrons. The highest BCUT2D eigenvalue weighted by molar-refractivity contribution is 9.11. The van der Waals surface area contributed by atoms with Crippen molar-refractivity contribution < 1.29 is 23.8 Å². The fourth-order valence-electron chi connectivity index (χ4n) is 4.01. The number of thiophene rings is 1. The molecule has 0 bridgehead atoms. The number of carboxylic acids is 1. The lowest BCUT2D eigenvalue weighted by atomic mass is 10.0. The molecule has 0 amide bonds. The molecule has 182 valence electrons. The van der Waals surface area contributed by atoms with Crippen molar-refractivity contribution in [2.24, 2.45) is 0 Å². The summed E-state index contributed by atoms with van der Waals surface area (Å²) in [6.45, 7) is 3.04. The Bertz CT molecular complexity index is 1420. The third-order valence-electron chi connectivity index (χ3n) is 5.90. The van der Waals surface area contributed by atoms with Gasteiger partial charge in [0.25, 0.3) is 0 Å². The lowest BCUT2D eigenvalue weighted by Gasteiger charge is -2.28. The molecular weight excluding hydrogens is 546 g/mol. The zero-order valence-corrected chi connectivity index (χ0v) is 21.3. The molecular formula is C26H20BrN3O5S. The van der Waals surface area contributed by atoms with Crippen molar-refractivity contribution in [1.29, 1.82) is 5.26 Å². The van der Waals surface area contributed by atoms with Gasteiger partial charge in [-0.25, -0.2) is 9.78 Å². The minimum atomic E-state index is -1.04. The van der Waals surface area contributed by atoms with Crippen LogP contribution >= 0.6 is 27.3 Å². The quantitative estimate of drug-likeness (QED) is 0.298. The second-order valence-electron chi connectivity index (χ2n) is 8.00. The second kappa shape index (κ2) is 10.5. The molecule has 1 aliphatic heterocycles. The van der Waals surface area contributed by atoms with Crippen molar-refractivity contribution in [3.05, 3.63) is 74.8 Å². The van der Waals surface area contributed by atoms with E-state index in [-0.39, 0.29) is 23.6 Å². The van der Waals surface area contributed by atoms with Gasteiger partial charge in [-0.3, -0.25) is 0 Å². The van der Waals surface area contributed by atoms with Crippen LogP contribution in [0, 0.1) is 11.3 Å². The van der Waals surface area contributed by atoms with Gasteiger partial charge in [0, 0.05) is 46.4 Å². The van der Waals surface area contributed by atoms with Crippen molar-refractivity contribution >= 4 is 38.9 Å². The number of hydrogen-bond acceptors (Lipinski definition) is 8. The summed E-state index contributed by atoms with van der Waals surface area (Å²) in [4.78, 5) is 18.5. The van der Waals surface area contributed by atoms with Crippen molar-refractivity contribution in [2.45, 2.75) is 6.61 Å². The van der Waals surface area contributed by atoms with E-state index in [9.17, 15) is 15.2 Å². The first-order chi connectivity index (χ1) is 17.5. The second-order valence-corrected chi connectivity index (χ2v) is 10.2. The Balaban J connectivity index is 1.52. The Labute approximate surface area is 219 Å². The number of aromatic nitrogens is 1. The van der Waals surface area contributed by atoms with Gasteiger partial charge >= 0.3 is 5.97 Å². The fourth-order valence-corrected chi connectivity index (χ4v) is 5.39. The molecule has 36 heavy (non-hydrogen) atoms. The molecule has 4 aromatic rings. The van der Waals surface area contributed by atoms with Crippen LogP contribution in [0.2, 0.25) is 0 Å². The van der Waals surface area contributed by atoms with Crippen molar-refractivity contribution in [3.8, 4) is 34.3 Å². The van der Waals surface area contributed by atoms with E-state index in [4.69, 9.17) is 13.9 Å². The Morgan fingerprint density at radius 1 is 1.22 bits per heavy atom. The first kappa shape index (κ1) is 24.1. The number of ether oxygens (including phenoxy) is 2. The molecule has 0 unspecified atom stereocenters. The monoisotopic (exact) mass is 565 g/mol. The molecule has 0 saturated carbocycles. The van der Waals surface area contributed by atoms with Crippen molar-refractivity contribution in [1.82, 2.24) is 4.98 Å². The van der Waals surface area contributed by atoms with Crippen molar-refractivity contribution in [3.63, 3.8) is 0 Å². The van der Waals surface area contributed by atoms with Crippen LogP contribution in [0.1, 0.15) is 21.5 Å². The van der Waals surface area contributed by atoms with Gasteiger partial charge in [0.05, 0.1) is 40.8 Å². The third kappa shape index (κ3) is 4.86. The number of aromatic carboxylic acids is 1. The van der Waals surface area contributed by atoms with Crippen LogP contribution in [-0.4, -0.2) is 42.4 Å². The van der Waals surface area contributed by atoms with Gasteiger partial charge in [0.15, 0.2) is 0 Å². The maximum Gasteiger partial charge on any atom is 0.336 e. The maximum absolute atomic E-state index is 11.6. The van der Waals surface area contributed by atoms with Crippen LogP contribution in [0.3, 0.4) is 0 Å². The van der Waals surface area contributed by atoms with Gasteiger partial charge in [0.2, 0.25) is 5.88 Å². The zero-order chi connectivity index (χ0) is 25.1. The highest BCUT2D eigenvalue weighted by atomic mass is 79.9. The van der Waals surface area contributed by atoms with Gasteiger partial charge < -0.3 is 23.9 Å². The average Bonchev–Trinajstić information content (AvgIpc) is 3.57. The molecule has 8 nitrogen and oxygen atoms in total. The molecule has 1 aliphatic rings. The SMILES string of the molecule is N#Cc1c(-c2ccoc2)cc(-c2ccc(N3CCOCC3)cc2)nc1OCc1c(C(=O)O)csc1Br. The lowest BCUT2D eigenvalue weighted by Crippen LogP contribution is -2.36. The molecule has 3 aromatic heterocycles. The number of hydrogen-bond donors (Lipinski definition) is 1. The summed E-state index contributed by atoms with van der Waals surface area (Å²) in [6, 6.07) is 13.9. The number of rotatable bonds is 7. The van der Waals surface area contributed by atoms with E-state index in [1.54, 1.807) is 17.7 Å². The number of carbonyl (C=O) groups is 1. The summed E-state index contributed by atoms with van der Waals surface area (Å²) in [7, 11) is 0. The van der Waals surface area contributed by atoms with Gasteiger partial charge in [-0.2, -0.15) is 5.26 Å². The number of carboxylic acid groups (broad SMARTS) is 1. The minimum Gasteiger partial charge on any atom is -0.478 e. The summed E-state index contributed by atoms with van der Waals surface area (Å²) in [5, 5.41) is 21.0. The van der Waals surface area contributed by atoms with E-state index < -0.39 is 5.97 Å². The van der Waals surface area contributed by atoms with Crippen LogP contribution in [0.4, 0.5) is 5.69 Å². The van der Waals surface area contributed by atoms with Crippen LogP contribution in [0.25, 0.3) is 22.4 Å². The van der Waals surface area contributed by atoms with E-state index in [0.29, 0.717) is 39.4 Å². The molecule has 1 saturated heterocycles. The highest BCUT2D eigenvalue weighted by Crippen LogP contribution is 2.36.